The Balaban J connectivity index is 2.71. The van der Waals surface area contributed by atoms with E-state index in [0.717, 1.165) is 0 Å². The molecule has 0 N–H and O–H groups in total. The molecule has 0 aliphatic rings. The molecule has 100 valence electrons. The van der Waals surface area contributed by atoms with Crippen molar-refractivity contribution in [1.82, 2.24) is 0 Å². The smallest absolute Gasteiger partial charge is 0.422 e. The number of hydrogen-bond acceptors (Lipinski definition) is 3. The molecule has 0 atom stereocenters. The maximum atomic E-state index is 12.0. The van der Waals surface area contributed by atoms with E-state index in [2.05, 4.69) is 9.47 Å². The number of benzene rings is 1. The van der Waals surface area contributed by atoms with Crippen molar-refractivity contribution in [3.05, 3.63) is 29.3 Å². The van der Waals surface area contributed by atoms with Crippen molar-refractivity contribution in [2.24, 2.45) is 0 Å². The van der Waals surface area contributed by atoms with Crippen LogP contribution in [0.1, 0.15) is 11.1 Å². The quantitative estimate of drug-likeness (QED) is 0.782. The first-order chi connectivity index (χ1) is 8.31. The molecule has 0 heterocycles. The van der Waals surface area contributed by atoms with Crippen molar-refractivity contribution >= 4 is 5.97 Å². The van der Waals surface area contributed by atoms with Gasteiger partial charge in [0.1, 0.15) is 5.75 Å². The molecular formula is C12H13F3O3. The number of aryl methyl sites for hydroxylation is 1. The van der Waals surface area contributed by atoms with Crippen LogP contribution < -0.4 is 4.74 Å². The fourth-order valence-electron chi connectivity index (χ4n) is 1.38. The fraction of sp³-hybridized carbons (Fsp3) is 0.417. The van der Waals surface area contributed by atoms with Gasteiger partial charge in [-0.15, -0.1) is 0 Å². The van der Waals surface area contributed by atoms with Crippen molar-refractivity contribution in [2.45, 2.75) is 19.5 Å². The lowest BCUT2D eigenvalue weighted by molar-refractivity contribution is -0.153. The number of hydrogen-bond donors (Lipinski definition) is 0. The normalized spacial score (nSPS) is 11.2. The molecule has 0 bridgehead atoms. The second kappa shape index (κ2) is 5.75. The average Bonchev–Trinajstić information content (AvgIpc) is 2.26. The molecule has 0 fully saturated rings. The third-order valence-corrected chi connectivity index (χ3v) is 2.21. The molecule has 0 spiro atoms. The van der Waals surface area contributed by atoms with Crippen LogP contribution in [0.4, 0.5) is 13.2 Å². The summed E-state index contributed by atoms with van der Waals surface area (Å²) in [7, 11) is 1.27. The molecule has 3 nitrogen and oxygen atoms in total. The van der Waals surface area contributed by atoms with Crippen LogP contribution in [0.2, 0.25) is 0 Å². The molecule has 0 aliphatic heterocycles. The Morgan fingerprint density at radius 1 is 1.33 bits per heavy atom. The largest absolute Gasteiger partial charge is 0.484 e. The summed E-state index contributed by atoms with van der Waals surface area (Å²) in [5.41, 5.74) is 1.21. The van der Waals surface area contributed by atoms with E-state index in [4.69, 9.17) is 0 Å². The summed E-state index contributed by atoms with van der Waals surface area (Å²) >= 11 is 0. The van der Waals surface area contributed by atoms with E-state index in [1.165, 1.54) is 19.2 Å². The summed E-state index contributed by atoms with van der Waals surface area (Å²) in [6.07, 6.45) is -4.28. The van der Waals surface area contributed by atoms with Gasteiger partial charge in [0, 0.05) is 0 Å². The average molecular weight is 262 g/mol. The summed E-state index contributed by atoms with van der Waals surface area (Å²) in [4.78, 5) is 11.0. The number of carbonyl (C=O) groups is 1. The van der Waals surface area contributed by atoms with E-state index in [9.17, 15) is 18.0 Å². The standard InChI is InChI=1S/C12H13F3O3/c1-8-5-9(6-11(16)17-2)3-4-10(8)18-7-12(13,14)15/h3-5H,6-7H2,1-2H3. The SMILES string of the molecule is COC(=O)Cc1ccc(OCC(F)(F)F)c(C)c1. The molecule has 0 saturated heterocycles. The highest BCUT2D eigenvalue weighted by Gasteiger charge is 2.28. The van der Waals surface area contributed by atoms with Crippen LogP contribution in [-0.4, -0.2) is 25.9 Å². The molecule has 0 aliphatic carbocycles. The molecule has 1 rings (SSSR count). The van der Waals surface area contributed by atoms with Gasteiger partial charge < -0.3 is 9.47 Å². The van der Waals surface area contributed by atoms with E-state index < -0.39 is 18.8 Å². The van der Waals surface area contributed by atoms with Crippen molar-refractivity contribution in [2.75, 3.05) is 13.7 Å². The second-order valence-corrected chi connectivity index (χ2v) is 3.76. The Bertz CT molecular complexity index is 427. The van der Waals surface area contributed by atoms with Crippen molar-refractivity contribution < 1.29 is 27.4 Å². The molecule has 0 radical (unpaired) electrons. The molecule has 0 aromatic heterocycles. The Labute approximate surface area is 103 Å². The first-order valence-electron chi connectivity index (χ1n) is 5.17. The highest BCUT2D eigenvalue weighted by molar-refractivity contribution is 5.72. The lowest BCUT2D eigenvalue weighted by Crippen LogP contribution is -2.19. The van der Waals surface area contributed by atoms with Crippen LogP contribution in [-0.2, 0) is 16.0 Å². The lowest BCUT2D eigenvalue weighted by Gasteiger charge is -2.12. The number of rotatable bonds is 4. The summed E-state index contributed by atoms with van der Waals surface area (Å²) in [6, 6.07) is 4.55. The molecule has 6 heteroatoms. The van der Waals surface area contributed by atoms with Gasteiger partial charge in [-0.25, -0.2) is 0 Å². The van der Waals surface area contributed by atoms with Crippen LogP contribution >= 0.6 is 0 Å². The topological polar surface area (TPSA) is 35.5 Å². The number of ether oxygens (including phenoxy) is 2. The van der Waals surface area contributed by atoms with Crippen molar-refractivity contribution in [1.29, 1.82) is 0 Å². The minimum absolute atomic E-state index is 0.0802. The van der Waals surface area contributed by atoms with Gasteiger partial charge in [0.2, 0.25) is 0 Å². The zero-order chi connectivity index (χ0) is 13.8. The van der Waals surface area contributed by atoms with Gasteiger partial charge in [0.15, 0.2) is 6.61 Å². The molecular weight excluding hydrogens is 249 g/mol. The van der Waals surface area contributed by atoms with E-state index in [1.807, 2.05) is 0 Å². The summed E-state index contributed by atoms with van der Waals surface area (Å²) in [5, 5.41) is 0. The second-order valence-electron chi connectivity index (χ2n) is 3.76. The molecule has 1 aromatic carbocycles. The molecule has 1 aromatic rings. The fourth-order valence-corrected chi connectivity index (χ4v) is 1.38. The Morgan fingerprint density at radius 3 is 2.50 bits per heavy atom. The number of methoxy groups -OCH3 is 1. The molecule has 0 saturated carbocycles. The van der Waals surface area contributed by atoms with Gasteiger partial charge in [-0.2, -0.15) is 13.2 Å². The van der Waals surface area contributed by atoms with Crippen LogP contribution in [0.3, 0.4) is 0 Å². The van der Waals surface area contributed by atoms with Gasteiger partial charge in [0.25, 0.3) is 0 Å². The predicted octanol–water partition coefficient (Wildman–Crippen LogP) is 2.65. The lowest BCUT2D eigenvalue weighted by atomic mass is 10.1. The van der Waals surface area contributed by atoms with Gasteiger partial charge in [0.05, 0.1) is 13.5 Å². The van der Waals surface area contributed by atoms with Gasteiger partial charge in [-0.1, -0.05) is 12.1 Å². The molecule has 0 unspecified atom stereocenters. The van der Waals surface area contributed by atoms with Crippen LogP contribution in [0, 0.1) is 6.92 Å². The van der Waals surface area contributed by atoms with E-state index in [1.54, 1.807) is 13.0 Å². The van der Waals surface area contributed by atoms with Crippen molar-refractivity contribution in [3.8, 4) is 5.75 Å². The third kappa shape index (κ3) is 4.65. The summed E-state index contributed by atoms with van der Waals surface area (Å²) in [6.45, 7) is 0.288. The minimum atomic E-state index is -4.36. The van der Waals surface area contributed by atoms with E-state index in [0.29, 0.717) is 11.1 Å². The third-order valence-electron chi connectivity index (χ3n) is 2.21. The maximum absolute atomic E-state index is 12.0. The molecule has 18 heavy (non-hydrogen) atoms. The Morgan fingerprint density at radius 2 is 2.00 bits per heavy atom. The van der Waals surface area contributed by atoms with Gasteiger partial charge >= 0.3 is 12.1 Å². The Hall–Kier alpha value is -1.72. The number of halogens is 3. The van der Waals surface area contributed by atoms with E-state index in [-0.39, 0.29) is 12.2 Å². The zero-order valence-corrected chi connectivity index (χ0v) is 10.0. The van der Waals surface area contributed by atoms with Crippen LogP contribution in [0.25, 0.3) is 0 Å². The summed E-state index contributed by atoms with van der Waals surface area (Å²) in [5.74, 6) is -0.251. The zero-order valence-electron chi connectivity index (χ0n) is 10.0. The van der Waals surface area contributed by atoms with Gasteiger partial charge in [-0.05, 0) is 24.1 Å². The van der Waals surface area contributed by atoms with E-state index >= 15 is 0 Å². The highest BCUT2D eigenvalue weighted by atomic mass is 19.4. The minimum Gasteiger partial charge on any atom is -0.484 e. The molecule has 0 amide bonds. The number of esters is 1. The van der Waals surface area contributed by atoms with Crippen LogP contribution in [0.15, 0.2) is 18.2 Å². The number of carbonyl (C=O) groups excluding carboxylic acids is 1. The van der Waals surface area contributed by atoms with Gasteiger partial charge in [-0.3, -0.25) is 4.79 Å². The van der Waals surface area contributed by atoms with Crippen LogP contribution in [0.5, 0.6) is 5.75 Å². The monoisotopic (exact) mass is 262 g/mol. The first-order valence-corrected chi connectivity index (χ1v) is 5.17. The number of alkyl halides is 3. The predicted molar refractivity (Wildman–Crippen MR) is 58.4 cm³/mol. The summed E-state index contributed by atoms with van der Waals surface area (Å²) < 4.78 is 45.1. The Kier molecular flexibility index (Phi) is 4.58. The highest BCUT2D eigenvalue weighted by Crippen LogP contribution is 2.23. The first kappa shape index (κ1) is 14.3. The maximum Gasteiger partial charge on any atom is 0.422 e. The van der Waals surface area contributed by atoms with Crippen molar-refractivity contribution in [3.63, 3.8) is 0 Å².